The Morgan fingerprint density at radius 3 is 2.56 bits per heavy atom. The van der Waals surface area contributed by atoms with E-state index in [1.807, 2.05) is 24.1 Å². The minimum atomic E-state index is -3.46. The van der Waals surface area contributed by atoms with Crippen molar-refractivity contribution in [3.8, 4) is 0 Å². The van der Waals surface area contributed by atoms with Crippen molar-refractivity contribution >= 4 is 28.3 Å². The van der Waals surface area contributed by atoms with Gasteiger partial charge in [-0.3, -0.25) is 4.79 Å². The second-order valence-electron chi connectivity index (χ2n) is 7.37. The van der Waals surface area contributed by atoms with Gasteiger partial charge < -0.3 is 10.2 Å². The standard InChI is InChI=1S/C19H29N3O3S.ClH/c1-15(23)21-10-7-17-5-6-19(12-18(17)8-11-21)26(24,25)22-9-3-4-16(14-22)13-20-2;/h5-6,12,16,20H,3-4,7-11,13-14H2,1-2H3;1H. The van der Waals surface area contributed by atoms with E-state index in [2.05, 4.69) is 5.32 Å². The molecule has 0 bridgehead atoms. The molecule has 1 saturated heterocycles. The summed E-state index contributed by atoms with van der Waals surface area (Å²) in [6, 6.07) is 5.50. The number of halogens is 1. The van der Waals surface area contributed by atoms with Crippen molar-refractivity contribution in [2.24, 2.45) is 5.92 Å². The molecule has 1 fully saturated rings. The van der Waals surface area contributed by atoms with Crippen LogP contribution in [-0.2, 0) is 27.7 Å². The highest BCUT2D eigenvalue weighted by molar-refractivity contribution is 7.89. The van der Waals surface area contributed by atoms with Gasteiger partial charge in [-0.1, -0.05) is 6.07 Å². The summed E-state index contributed by atoms with van der Waals surface area (Å²) in [6.07, 6.45) is 3.46. The summed E-state index contributed by atoms with van der Waals surface area (Å²) < 4.78 is 27.9. The summed E-state index contributed by atoms with van der Waals surface area (Å²) >= 11 is 0. The largest absolute Gasteiger partial charge is 0.342 e. The first-order valence-corrected chi connectivity index (χ1v) is 10.9. The molecule has 2 aliphatic heterocycles. The molecule has 8 heteroatoms. The van der Waals surface area contributed by atoms with Gasteiger partial charge in [-0.25, -0.2) is 8.42 Å². The maximum absolute atomic E-state index is 13.1. The van der Waals surface area contributed by atoms with Crippen molar-refractivity contribution in [1.82, 2.24) is 14.5 Å². The van der Waals surface area contributed by atoms with Crippen molar-refractivity contribution in [2.75, 3.05) is 39.8 Å². The van der Waals surface area contributed by atoms with Crippen LogP contribution in [0.2, 0.25) is 0 Å². The van der Waals surface area contributed by atoms with E-state index in [4.69, 9.17) is 0 Å². The van der Waals surface area contributed by atoms with Gasteiger partial charge in [0.1, 0.15) is 0 Å². The highest BCUT2D eigenvalue weighted by Gasteiger charge is 2.30. The second-order valence-corrected chi connectivity index (χ2v) is 9.30. The number of hydrogen-bond donors (Lipinski definition) is 1. The van der Waals surface area contributed by atoms with E-state index in [1.54, 1.807) is 17.3 Å². The SMILES string of the molecule is CNCC1CCCN(S(=O)(=O)c2ccc3c(c2)CCN(C(C)=O)CC3)C1.Cl. The summed E-state index contributed by atoms with van der Waals surface area (Å²) in [7, 11) is -1.56. The molecule has 1 N–H and O–H groups in total. The van der Waals surface area contributed by atoms with Crippen molar-refractivity contribution in [3.05, 3.63) is 29.3 Å². The maximum atomic E-state index is 13.1. The fraction of sp³-hybridized carbons (Fsp3) is 0.632. The molecule has 1 amide bonds. The smallest absolute Gasteiger partial charge is 0.243 e. The molecule has 0 saturated carbocycles. The van der Waals surface area contributed by atoms with Crippen LogP contribution >= 0.6 is 12.4 Å². The molecule has 27 heavy (non-hydrogen) atoms. The third-order valence-corrected chi connectivity index (χ3v) is 7.40. The van der Waals surface area contributed by atoms with Gasteiger partial charge >= 0.3 is 0 Å². The van der Waals surface area contributed by atoms with Gasteiger partial charge in [-0.2, -0.15) is 4.31 Å². The number of benzene rings is 1. The van der Waals surface area contributed by atoms with E-state index in [0.717, 1.165) is 36.9 Å². The van der Waals surface area contributed by atoms with E-state index in [0.29, 0.717) is 43.4 Å². The van der Waals surface area contributed by atoms with Crippen molar-refractivity contribution in [2.45, 2.75) is 37.5 Å². The predicted molar refractivity (Wildman–Crippen MR) is 109 cm³/mol. The highest BCUT2D eigenvalue weighted by atomic mass is 35.5. The van der Waals surface area contributed by atoms with Crippen LogP contribution in [0.25, 0.3) is 0 Å². The monoisotopic (exact) mass is 415 g/mol. The fourth-order valence-corrected chi connectivity index (χ4v) is 5.63. The molecule has 0 radical (unpaired) electrons. The van der Waals surface area contributed by atoms with Crippen LogP contribution in [0.4, 0.5) is 0 Å². The van der Waals surface area contributed by atoms with Crippen LogP contribution in [0.3, 0.4) is 0 Å². The number of piperidine rings is 1. The number of nitrogens with zero attached hydrogens (tertiary/aromatic N) is 2. The first kappa shape index (κ1) is 22.1. The van der Waals surface area contributed by atoms with Gasteiger partial charge in [-0.05, 0) is 68.5 Å². The molecular formula is C19H30ClN3O3S. The summed E-state index contributed by atoms with van der Waals surface area (Å²) in [4.78, 5) is 13.9. The van der Waals surface area contributed by atoms with Gasteiger partial charge in [0.2, 0.25) is 15.9 Å². The molecule has 1 aromatic carbocycles. The number of rotatable bonds is 4. The van der Waals surface area contributed by atoms with E-state index >= 15 is 0 Å². The molecule has 3 rings (SSSR count). The molecular weight excluding hydrogens is 386 g/mol. The summed E-state index contributed by atoms with van der Waals surface area (Å²) in [5, 5.41) is 3.16. The maximum Gasteiger partial charge on any atom is 0.243 e. The zero-order chi connectivity index (χ0) is 18.7. The number of nitrogens with one attached hydrogen (secondary N) is 1. The number of carbonyl (C=O) groups excluding carboxylic acids is 1. The average molecular weight is 416 g/mol. The Bertz CT molecular complexity index is 767. The Morgan fingerprint density at radius 1 is 1.19 bits per heavy atom. The van der Waals surface area contributed by atoms with E-state index in [1.165, 1.54) is 0 Å². The van der Waals surface area contributed by atoms with Gasteiger partial charge in [-0.15, -0.1) is 12.4 Å². The first-order valence-electron chi connectivity index (χ1n) is 9.44. The van der Waals surface area contributed by atoms with E-state index in [-0.39, 0.29) is 18.3 Å². The Kier molecular flexibility index (Phi) is 7.68. The molecule has 2 heterocycles. The van der Waals surface area contributed by atoms with Crippen LogP contribution in [0.1, 0.15) is 30.9 Å². The number of sulfonamides is 1. The molecule has 1 atom stereocenters. The average Bonchev–Trinajstić information content (AvgIpc) is 2.84. The predicted octanol–water partition coefficient (Wildman–Crippen LogP) is 1.68. The molecule has 1 aromatic rings. The van der Waals surface area contributed by atoms with Crippen LogP contribution < -0.4 is 5.32 Å². The Labute approximate surface area is 168 Å². The third kappa shape index (κ3) is 5.02. The quantitative estimate of drug-likeness (QED) is 0.812. The lowest BCUT2D eigenvalue weighted by molar-refractivity contribution is -0.128. The Hall–Kier alpha value is -1.15. The number of hydrogen-bond acceptors (Lipinski definition) is 4. The Balaban J connectivity index is 0.00000261. The first-order chi connectivity index (χ1) is 12.4. The van der Waals surface area contributed by atoms with Crippen LogP contribution in [-0.4, -0.2) is 63.3 Å². The molecule has 2 aliphatic rings. The minimum Gasteiger partial charge on any atom is -0.342 e. The minimum absolute atomic E-state index is 0. The fourth-order valence-electron chi connectivity index (χ4n) is 4.03. The zero-order valence-electron chi connectivity index (χ0n) is 16.1. The van der Waals surface area contributed by atoms with E-state index in [9.17, 15) is 13.2 Å². The Morgan fingerprint density at radius 2 is 1.89 bits per heavy atom. The zero-order valence-corrected chi connectivity index (χ0v) is 17.7. The second kappa shape index (κ2) is 9.37. The molecule has 0 aliphatic carbocycles. The van der Waals surface area contributed by atoms with Gasteiger partial charge in [0.05, 0.1) is 4.90 Å². The van der Waals surface area contributed by atoms with Crippen molar-refractivity contribution in [3.63, 3.8) is 0 Å². The van der Waals surface area contributed by atoms with Crippen LogP contribution in [0.15, 0.2) is 23.1 Å². The molecule has 6 nitrogen and oxygen atoms in total. The summed E-state index contributed by atoms with van der Waals surface area (Å²) in [5.41, 5.74) is 2.21. The molecule has 1 unspecified atom stereocenters. The van der Waals surface area contributed by atoms with E-state index < -0.39 is 10.0 Å². The van der Waals surface area contributed by atoms with Gasteiger partial charge in [0, 0.05) is 33.1 Å². The molecule has 0 spiro atoms. The van der Waals surface area contributed by atoms with Gasteiger partial charge in [0.25, 0.3) is 0 Å². The highest BCUT2D eigenvalue weighted by Crippen LogP contribution is 2.26. The number of amides is 1. The lowest BCUT2D eigenvalue weighted by Crippen LogP contribution is -2.42. The third-order valence-electron chi connectivity index (χ3n) is 5.54. The van der Waals surface area contributed by atoms with Crippen molar-refractivity contribution in [1.29, 1.82) is 0 Å². The normalized spacial score (nSPS) is 21.1. The van der Waals surface area contributed by atoms with Crippen LogP contribution in [0, 0.1) is 5.92 Å². The summed E-state index contributed by atoms with van der Waals surface area (Å²) in [6.45, 7) is 4.96. The number of carbonyl (C=O) groups is 1. The summed E-state index contributed by atoms with van der Waals surface area (Å²) in [5.74, 6) is 0.447. The topological polar surface area (TPSA) is 69.7 Å². The van der Waals surface area contributed by atoms with Crippen molar-refractivity contribution < 1.29 is 13.2 Å². The number of fused-ring (bicyclic) bond motifs is 1. The molecule has 0 aromatic heterocycles. The van der Waals surface area contributed by atoms with Gasteiger partial charge in [0.15, 0.2) is 0 Å². The van der Waals surface area contributed by atoms with Crippen LogP contribution in [0.5, 0.6) is 0 Å². The lowest BCUT2D eigenvalue weighted by Gasteiger charge is -2.32. The molecule has 152 valence electrons. The lowest BCUT2D eigenvalue weighted by atomic mass is 10.00.